The zero-order chi connectivity index (χ0) is 19.1. The summed E-state index contributed by atoms with van der Waals surface area (Å²) < 4.78 is 5.97. The van der Waals surface area contributed by atoms with Gasteiger partial charge in [0.25, 0.3) is 0 Å². The molecule has 9 heteroatoms. The molecule has 1 N–H and O–H groups in total. The number of rotatable bonds is 4. The molecule has 164 valence electrons. The molecule has 0 saturated heterocycles. The Morgan fingerprint density at radius 1 is 0.903 bits per heavy atom. The molecule has 0 bridgehead atoms. The van der Waals surface area contributed by atoms with Crippen molar-refractivity contribution in [2.45, 2.75) is 20.0 Å². The summed E-state index contributed by atoms with van der Waals surface area (Å²) >= 11 is 0. The quantitative estimate of drug-likeness (QED) is 0.343. The van der Waals surface area contributed by atoms with E-state index in [1.54, 1.807) is 0 Å². The average molecular weight is 534 g/mol. The molecule has 0 spiro atoms. The number of para-hydroxylation sites is 2. The van der Waals surface area contributed by atoms with E-state index >= 15 is 0 Å². The summed E-state index contributed by atoms with van der Waals surface area (Å²) in [6, 6.07) is 16.7. The third kappa shape index (κ3) is 5.14. The van der Waals surface area contributed by atoms with Crippen LogP contribution in [0.25, 0.3) is 11.0 Å². The number of benzene rings is 2. The summed E-state index contributed by atoms with van der Waals surface area (Å²) in [5.41, 5.74) is 5.32. The predicted octanol–water partition coefficient (Wildman–Crippen LogP) is -4.65. The van der Waals surface area contributed by atoms with E-state index < -0.39 is 0 Å². The monoisotopic (exact) mass is 531 g/mol. The summed E-state index contributed by atoms with van der Waals surface area (Å²) in [7, 11) is 4.14. The van der Waals surface area contributed by atoms with Gasteiger partial charge in [-0.1, -0.05) is 12.1 Å². The standard InChI is InChI=1S/C22H26N4O.3ClH.Zn/c1-5-26(6-2)16-12-11-15-13-17(21(23)27-20(15)14-16)22-24(3)18-9-7-8-10-19(18)25(22)4;;;;/h7-14,22-23H,5-6H2,1-4H3;3*1H;/q;;;;+2/p-3. The van der Waals surface area contributed by atoms with Crippen LogP contribution in [0, 0.1) is 5.41 Å². The van der Waals surface area contributed by atoms with Crippen LogP contribution in [-0.2, 0) is 19.5 Å². The summed E-state index contributed by atoms with van der Waals surface area (Å²) in [5.74, 6) is 0. The van der Waals surface area contributed by atoms with Crippen LogP contribution in [0.4, 0.5) is 17.1 Å². The van der Waals surface area contributed by atoms with Crippen molar-refractivity contribution in [3.63, 3.8) is 0 Å². The Balaban J connectivity index is 0.00000225. The van der Waals surface area contributed by atoms with Gasteiger partial charge in [-0.2, -0.15) is 0 Å². The molecule has 0 radical (unpaired) electrons. The molecule has 2 heterocycles. The van der Waals surface area contributed by atoms with Gasteiger partial charge in [-0.15, -0.1) is 0 Å². The first-order chi connectivity index (χ1) is 13.0. The van der Waals surface area contributed by atoms with Crippen LogP contribution in [0.2, 0.25) is 0 Å². The van der Waals surface area contributed by atoms with Gasteiger partial charge in [-0.25, -0.2) is 0 Å². The van der Waals surface area contributed by atoms with Crippen LogP contribution in [-0.4, -0.2) is 27.2 Å². The van der Waals surface area contributed by atoms with Crippen LogP contribution >= 0.6 is 0 Å². The van der Waals surface area contributed by atoms with Gasteiger partial charge in [0.2, 0.25) is 5.55 Å². The Morgan fingerprint density at radius 3 is 1.97 bits per heavy atom. The van der Waals surface area contributed by atoms with E-state index in [0.717, 1.165) is 35.3 Å². The molecule has 5 nitrogen and oxygen atoms in total. The summed E-state index contributed by atoms with van der Waals surface area (Å²) in [6.45, 7) is 6.19. The van der Waals surface area contributed by atoms with E-state index in [0.29, 0.717) is 0 Å². The van der Waals surface area contributed by atoms with Crippen LogP contribution in [0.1, 0.15) is 25.6 Å². The molecule has 0 saturated carbocycles. The van der Waals surface area contributed by atoms with E-state index in [2.05, 4.69) is 73.0 Å². The second-order valence-corrected chi connectivity index (χ2v) is 7.01. The second-order valence-electron chi connectivity index (χ2n) is 7.01. The number of hydrogen-bond acceptors (Lipinski definition) is 5. The van der Waals surface area contributed by atoms with Gasteiger partial charge in [0, 0.05) is 44.3 Å². The van der Waals surface area contributed by atoms with Gasteiger partial charge >= 0.3 is 19.5 Å². The smallest absolute Gasteiger partial charge is 1.00 e. The maximum Gasteiger partial charge on any atom is 2.00 e. The Hall–Kier alpha value is -1.46. The zero-order valence-corrected chi connectivity index (χ0v) is 23.4. The van der Waals surface area contributed by atoms with Gasteiger partial charge in [0.05, 0.1) is 16.9 Å². The molecule has 2 aromatic carbocycles. The van der Waals surface area contributed by atoms with E-state index in [9.17, 15) is 0 Å². The van der Waals surface area contributed by atoms with Crippen LogP contribution in [0.3, 0.4) is 0 Å². The van der Waals surface area contributed by atoms with Gasteiger partial charge in [0.1, 0.15) is 11.7 Å². The van der Waals surface area contributed by atoms with Crippen molar-refractivity contribution in [3.8, 4) is 0 Å². The average Bonchev–Trinajstić information content (AvgIpc) is 2.93. The van der Waals surface area contributed by atoms with Crippen molar-refractivity contribution in [3.05, 3.63) is 59.6 Å². The van der Waals surface area contributed by atoms with Gasteiger partial charge in [-0.3, -0.25) is 5.41 Å². The minimum atomic E-state index is -0.0505. The van der Waals surface area contributed by atoms with Crippen LogP contribution < -0.4 is 57.5 Å². The summed E-state index contributed by atoms with van der Waals surface area (Å²) in [6.07, 6.45) is -0.0505. The topological polar surface area (TPSA) is 46.7 Å². The SMILES string of the molecule is CCN(CC)c1ccc2cc(C3N(C)c4ccccc4N3C)c(=N)oc2c1.[Cl-].[Cl-].[Cl-].[Zn+2]. The fourth-order valence-electron chi connectivity index (χ4n) is 4.11. The number of nitrogens with zero attached hydrogens (tertiary/aromatic N) is 3. The number of hydrogen-bond donors (Lipinski definition) is 1. The minimum absolute atomic E-state index is 0. The molecule has 31 heavy (non-hydrogen) atoms. The van der Waals surface area contributed by atoms with E-state index in [1.807, 2.05) is 18.2 Å². The van der Waals surface area contributed by atoms with Gasteiger partial charge in [0.15, 0.2) is 0 Å². The Labute approximate surface area is 215 Å². The molecule has 1 aromatic heterocycles. The molecule has 0 unspecified atom stereocenters. The summed E-state index contributed by atoms with van der Waals surface area (Å²) in [4.78, 5) is 6.68. The van der Waals surface area contributed by atoms with E-state index in [1.165, 1.54) is 11.4 Å². The van der Waals surface area contributed by atoms with Crippen molar-refractivity contribution in [2.24, 2.45) is 0 Å². The minimum Gasteiger partial charge on any atom is -1.00 e. The maximum absolute atomic E-state index is 8.54. The third-order valence-corrected chi connectivity index (χ3v) is 5.56. The molecule has 0 fully saturated rings. The Kier molecular flexibility index (Phi) is 11.4. The first kappa shape index (κ1) is 29.5. The second kappa shape index (κ2) is 12.0. The Bertz CT molecular complexity index is 1030. The first-order valence-electron chi connectivity index (χ1n) is 9.47. The van der Waals surface area contributed by atoms with Crippen molar-refractivity contribution in [1.82, 2.24) is 0 Å². The van der Waals surface area contributed by atoms with Crippen molar-refractivity contribution in [2.75, 3.05) is 41.9 Å². The number of fused-ring (bicyclic) bond motifs is 2. The summed E-state index contributed by atoms with van der Waals surface area (Å²) in [5, 5.41) is 9.56. The maximum atomic E-state index is 8.54. The molecule has 0 atom stereocenters. The molecule has 1 aliphatic rings. The van der Waals surface area contributed by atoms with Crippen LogP contribution in [0.5, 0.6) is 0 Å². The van der Waals surface area contributed by atoms with Crippen molar-refractivity contribution >= 4 is 28.0 Å². The molecule has 3 aromatic rings. The Morgan fingerprint density at radius 2 is 1.45 bits per heavy atom. The fraction of sp³-hybridized carbons (Fsp3) is 0.318. The zero-order valence-electron chi connectivity index (χ0n) is 18.2. The third-order valence-electron chi connectivity index (χ3n) is 5.56. The predicted molar refractivity (Wildman–Crippen MR) is 112 cm³/mol. The molecule has 1 aliphatic heterocycles. The fourth-order valence-corrected chi connectivity index (χ4v) is 4.11. The normalized spacial score (nSPS) is 12.3. The largest absolute Gasteiger partial charge is 2.00 e. The van der Waals surface area contributed by atoms with Crippen molar-refractivity contribution < 1.29 is 61.1 Å². The molecule has 0 aliphatic carbocycles. The van der Waals surface area contributed by atoms with E-state index in [4.69, 9.17) is 9.83 Å². The number of halogens is 3. The van der Waals surface area contributed by atoms with Gasteiger partial charge < -0.3 is 56.3 Å². The molecule has 4 rings (SSSR count). The van der Waals surface area contributed by atoms with Crippen molar-refractivity contribution in [1.29, 1.82) is 5.41 Å². The molecule has 0 amide bonds. The first-order valence-corrected chi connectivity index (χ1v) is 9.47. The van der Waals surface area contributed by atoms with Crippen LogP contribution in [0.15, 0.2) is 52.9 Å². The molecular weight excluding hydrogens is 508 g/mol. The van der Waals surface area contributed by atoms with Gasteiger partial charge in [-0.05, 0) is 44.2 Å². The number of nitrogens with one attached hydrogen (secondary N) is 1. The molecular formula is C22H26Cl3N4OZn-. The van der Waals surface area contributed by atoms with E-state index in [-0.39, 0.29) is 68.4 Å². The number of anilines is 3.